The van der Waals surface area contributed by atoms with Gasteiger partial charge in [0.1, 0.15) is 0 Å². The van der Waals surface area contributed by atoms with Crippen LogP contribution in [0.2, 0.25) is 0 Å². The Hall–Kier alpha value is -1.90. The SMILES string of the molecule is Cc1ccccc1Cn1nc(C)c(C=O)c1C. The standard InChI is InChI=1S/C14H16N2O/c1-10-6-4-5-7-13(10)8-16-12(3)14(9-17)11(2)15-16/h4-7,9H,8H2,1-3H3. The molecule has 0 saturated heterocycles. The lowest BCUT2D eigenvalue weighted by atomic mass is 10.1. The molecule has 0 aliphatic rings. The van der Waals surface area contributed by atoms with Crippen molar-refractivity contribution < 1.29 is 4.79 Å². The Morgan fingerprint density at radius 1 is 1.24 bits per heavy atom. The minimum atomic E-state index is 0.707. The highest BCUT2D eigenvalue weighted by Crippen LogP contribution is 2.14. The molecule has 1 heterocycles. The zero-order valence-corrected chi connectivity index (χ0v) is 10.4. The second-order valence-corrected chi connectivity index (χ2v) is 4.29. The van der Waals surface area contributed by atoms with Crippen LogP contribution in [0.5, 0.6) is 0 Å². The van der Waals surface area contributed by atoms with Crippen molar-refractivity contribution in [3.63, 3.8) is 0 Å². The van der Waals surface area contributed by atoms with Gasteiger partial charge in [0.25, 0.3) is 0 Å². The largest absolute Gasteiger partial charge is 0.298 e. The van der Waals surface area contributed by atoms with Gasteiger partial charge in [0.2, 0.25) is 0 Å². The minimum absolute atomic E-state index is 0.707. The van der Waals surface area contributed by atoms with Gasteiger partial charge >= 0.3 is 0 Å². The molecule has 0 radical (unpaired) electrons. The van der Waals surface area contributed by atoms with E-state index >= 15 is 0 Å². The lowest BCUT2D eigenvalue weighted by Crippen LogP contribution is -2.05. The molecule has 0 atom stereocenters. The van der Waals surface area contributed by atoms with E-state index in [0.717, 1.165) is 17.7 Å². The molecule has 1 aromatic carbocycles. The third kappa shape index (κ3) is 2.13. The van der Waals surface area contributed by atoms with Crippen molar-refractivity contribution in [3.8, 4) is 0 Å². The van der Waals surface area contributed by atoms with E-state index in [4.69, 9.17) is 0 Å². The number of hydrogen-bond donors (Lipinski definition) is 0. The zero-order valence-electron chi connectivity index (χ0n) is 10.4. The van der Waals surface area contributed by atoms with Gasteiger partial charge in [0.05, 0.1) is 17.8 Å². The van der Waals surface area contributed by atoms with Gasteiger partial charge in [-0.3, -0.25) is 9.48 Å². The zero-order chi connectivity index (χ0) is 12.4. The van der Waals surface area contributed by atoms with Crippen LogP contribution in [0, 0.1) is 20.8 Å². The maximum absolute atomic E-state index is 10.9. The summed E-state index contributed by atoms with van der Waals surface area (Å²) in [6, 6.07) is 8.22. The van der Waals surface area contributed by atoms with Gasteiger partial charge in [-0.15, -0.1) is 0 Å². The van der Waals surface area contributed by atoms with Crippen LogP contribution in [-0.4, -0.2) is 16.1 Å². The van der Waals surface area contributed by atoms with Crippen LogP contribution in [0.4, 0.5) is 0 Å². The summed E-state index contributed by atoms with van der Waals surface area (Å²) in [6.07, 6.45) is 0.881. The van der Waals surface area contributed by atoms with Crippen LogP contribution in [0.25, 0.3) is 0 Å². The van der Waals surface area contributed by atoms with Gasteiger partial charge in [-0.25, -0.2) is 0 Å². The van der Waals surface area contributed by atoms with Crippen molar-refractivity contribution in [1.29, 1.82) is 0 Å². The van der Waals surface area contributed by atoms with Crippen LogP contribution in [0.3, 0.4) is 0 Å². The Kier molecular flexibility index (Phi) is 3.09. The Morgan fingerprint density at radius 2 is 1.94 bits per heavy atom. The molecule has 0 spiro atoms. The van der Waals surface area contributed by atoms with E-state index in [1.807, 2.05) is 30.7 Å². The van der Waals surface area contributed by atoms with Gasteiger partial charge in [-0.05, 0) is 31.9 Å². The number of benzene rings is 1. The quantitative estimate of drug-likeness (QED) is 0.757. The van der Waals surface area contributed by atoms with Crippen LogP contribution in [-0.2, 0) is 6.54 Å². The minimum Gasteiger partial charge on any atom is -0.298 e. The highest BCUT2D eigenvalue weighted by atomic mass is 16.1. The van der Waals surface area contributed by atoms with Crippen LogP contribution >= 0.6 is 0 Å². The molecule has 2 aromatic rings. The number of aryl methyl sites for hydroxylation is 2. The van der Waals surface area contributed by atoms with Crippen LogP contribution in [0.1, 0.15) is 32.9 Å². The molecular weight excluding hydrogens is 212 g/mol. The summed E-state index contributed by atoms with van der Waals surface area (Å²) in [7, 11) is 0. The molecule has 0 N–H and O–H groups in total. The van der Waals surface area contributed by atoms with E-state index in [9.17, 15) is 4.79 Å². The summed E-state index contributed by atoms with van der Waals surface area (Å²) in [4.78, 5) is 10.9. The normalized spacial score (nSPS) is 10.5. The Morgan fingerprint density at radius 3 is 2.53 bits per heavy atom. The fraction of sp³-hybridized carbons (Fsp3) is 0.286. The molecule has 3 heteroatoms. The average molecular weight is 228 g/mol. The molecule has 0 fully saturated rings. The first-order chi connectivity index (χ1) is 8.13. The van der Waals surface area contributed by atoms with Gasteiger partial charge in [-0.2, -0.15) is 5.10 Å². The number of carbonyl (C=O) groups excluding carboxylic acids is 1. The molecule has 88 valence electrons. The third-order valence-electron chi connectivity index (χ3n) is 3.14. The molecule has 0 aliphatic heterocycles. The highest BCUT2D eigenvalue weighted by molar-refractivity contribution is 5.78. The summed E-state index contributed by atoms with van der Waals surface area (Å²) in [5.41, 5.74) is 4.91. The van der Waals surface area contributed by atoms with E-state index < -0.39 is 0 Å². The van der Waals surface area contributed by atoms with Crippen molar-refractivity contribution in [3.05, 3.63) is 52.3 Å². The first-order valence-corrected chi connectivity index (χ1v) is 5.67. The molecule has 1 aromatic heterocycles. The topological polar surface area (TPSA) is 34.9 Å². The number of aromatic nitrogens is 2. The predicted octanol–water partition coefficient (Wildman–Crippen LogP) is 2.67. The van der Waals surface area contributed by atoms with Crippen molar-refractivity contribution in [2.24, 2.45) is 0 Å². The maximum atomic E-state index is 10.9. The van der Waals surface area contributed by atoms with E-state index in [-0.39, 0.29) is 0 Å². The van der Waals surface area contributed by atoms with E-state index in [1.54, 1.807) is 0 Å². The second-order valence-electron chi connectivity index (χ2n) is 4.29. The monoisotopic (exact) mass is 228 g/mol. The first kappa shape index (κ1) is 11.6. The molecule has 0 saturated carbocycles. The Balaban J connectivity index is 2.37. The lowest BCUT2D eigenvalue weighted by Gasteiger charge is -2.07. The molecule has 0 aliphatic carbocycles. The average Bonchev–Trinajstić information content (AvgIpc) is 2.57. The van der Waals surface area contributed by atoms with Gasteiger partial charge in [0, 0.05) is 5.69 Å². The molecule has 17 heavy (non-hydrogen) atoms. The summed E-state index contributed by atoms with van der Waals surface area (Å²) in [6.45, 7) is 6.60. The van der Waals surface area contributed by atoms with Crippen molar-refractivity contribution in [2.75, 3.05) is 0 Å². The number of aldehydes is 1. The lowest BCUT2D eigenvalue weighted by molar-refractivity contribution is 0.112. The number of rotatable bonds is 3. The van der Waals surface area contributed by atoms with Crippen molar-refractivity contribution >= 4 is 6.29 Å². The first-order valence-electron chi connectivity index (χ1n) is 5.67. The highest BCUT2D eigenvalue weighted by Gasteiger charge is 2.11. The molecule has 0 unspecified atom stereocenters. The van der Waals surface area contributed by atoms with E-state index in [0.29, 0.717) is 12.1 Å². The smallest absolute Gasteiger partial charge is 0.153 e. The summed E-state index contributed by atoms with van der Waals surface area (Å²) < 4.78 is 1.89. The van der Waals surface area contributed by atoms with Crippen LogP contribution in [0.15, 0.2) is 24.3 Å². The Labute approximate surface area is 101 Å². The van der Waals surface area contributed by atoms with Crippen LogP contribution < -0.4 is 0 Å². The third-order valence-corrected chi connectivity index (χ3v) is 3.14. The summed E-state index contributed by atoms with van der Waals surface area (Å²) in [5.74, 6) is 0. The fourth-order valence-electron chi connectivity index (χ4n) is 1.98. The van der Waals surface area contributed by atoms with Crippen molar-refractivity contribution in [1.82, 2.24) is 9.78 Å². The van der Waals surface area contributed by atoms with E-state index in [1.165, 1.54) is 11.1 Å². The fourth-order valence-corrected chi connectivity index (χ4v) is 1.98. The summed E-state index contributed by atoms with van der Waals surface area (Å²) in [5, 5.41) is 4.40. The number of hydrogen-bond acceptors (Lipinski definition) is 2. The molecule has 3 nitrogen and oxygen atoms in total. The van der Waals surface area contributed by atoms with Gasteiger partial charge in [0.15, 0.2) is 6.29 Å². The molecule has 0 amide bonds. The predicted molar refractivity (Wildman–Crippen MR) is 67.4 cm³/mol. The maximum Gasteiger partial charge on any atom is 0.153 e. The number of carbonyl (C=O) groups is 1. The van der Waals surface area contributed by atoms with Crippen molar-refractivity contribution in [2.45, 2.75) is 27.3 Å². The summed E-state index contributed by atoms with van der Waals surface area (Å²) >= 11 is 0. The molecule has 0 bridgehead atoms. The molecule has 2 rings (SSSR count). The van der Waals surface area contributed by atoms with Gasteiger partial charge < -0.3 is 0 Å². The van der Waals surface area contributed by atoms with E-state index in [2.05, 4.69) is 24.2 Å². The molecular formula is C14H16N2O. The number of nitrogens with zero attached hydrogens (tertiary/aromatic N) is 2. The second kappa shape index (κ2) is 4.53. The Bertz CT molecular complexity index is 555. The van der Waals surface area contributed by atoms with Gasteiger partial charge in [-0.1, -0.05) is 24.3 Å².